The van der Waals surface area contributed by atoms with E-state index in [4.69, 9.17) is 18.7 Å². The molecule has 0 saturated carbocycles. The third kappa shape index (κ3) is 4.59. The van der Waals surface area contributed by atoms with E-state index in [-0.39, 0.29) is 6.10 Å². The molecule has 0 saturated heterocycles. The van der Waals surface area contributed by atoms with Crippen molar-refractivity contribution in [2.24, 2.45) is 0 Å². The first-order valence-electron chi connectivity index (χ1n) is 10.4. The highest BCUT2D eigenvalue weighted by Crippen LogP contribution is 2.33. The van der Waals surface area contributed by atoms with E-state index in [9.17, 15) is 0 Å². The van der Waals surface area contributed by atoms with E-state index in [1.807, 2.05) is 43.4 Å². The molecule has 2 aromatic carbocycles. The Morgan fingerprint density at radius 2 is 1.94 bits per heavy atom. The number of hydrogen-bond acceptors (Lipinski definition) is 8. The Hall–Kier alpha value is -3.26. The molecule has 0 spiro atoms. The Bertz CT molecular complexity index is 1020. The van der Waals surface area contributed by atoms with Crippen LogP contribution in [-0.4, -0.2) is 62.0 Å². The highest BCUT2D eigenvalue weighted by Gasteiger charge is 2.26. The van der Waals surface area contributed by atoms with Crippen LogP contribution < -0.4 is 19.1 Å². The zero-order valence-corrected chi connectivity index (χ0v) is 18.4. The molecule has 0 bridgehead atoms. The van der Waals surface area contributed by atoms with Crippen LogP contribution in [0, 0.1) is 0 Å². The highest BCUT2D eigenvalue weighted by molar-refractivity contribution is 5.61. The topological polar surface area (TPSA) is 73.1 Å². The summed E-state index contributed by atoms with van der Waals surface area (Å²) in [7, 11) is 5.23. The smallest absolute Gasteiger partial charge is 0.241 e. The van der Waals surface area contributed by atoms with Crippen molar-refractivity contribution in [2.75, 3.05) is 45.8 Å². The van der Waals surface area contributed by atoms with Gasteiger partial charge in [-0.3, -0.25) is 4.90 Å². The molecule has 31 heavy (non-hydrogen) atoms. The molecule has 8 heteroatoms. The van der Waals surface area contributed by atoms with Gasteiger partial charge >= 0.3 is 0 Å². The Morgan fingerprint density at radius 3 is 2.71 bits per heavy atom. The number of nitrogens with zero attached hydrogens (tertiary/aromatic N) is 4. The number of anilines is 1. The number of aromatic nitrogens is 2. The van der Waals surface area contributed by atoms with Crippen molar-refractivity contribution in [3.8, 4) is 28.6 Å². The van der Waals surface area contributed by atoms with Crippen molar-refractivity contribution in [1.82, 2.24) is 15.0 Å². The van der Waals surface area contributed by atoms with Crippen LogP contribution in [0.25, 0.3) is 11.4 Å². The van der Waals surface area contributed by atoms with Gasteiger partial charge in [0.2, 0.25) is 11.7 Å². The van der Waals surface area contributed by atoms with Gasteiger partial charge < -0.3 is 23.6 Å². The lowest BCUT2D eigenvalue weighted by molar-refractivity contribution is 0.133. The molecular weight excluding hydrogens is 396 g/mol. The van der Waals surface area contributed by atoms with Crippen LogP contribution in [0.1, 0.15) is 12.8 Å². The van der Waals surface area contributed by atoms with Crippen LogP contribution in [-0.2, 0) is 6.54 Å². The van der Waals surface area contributed by atoms with Gasteiger partial charge in [0.05, 0.1) is 33.0 Å². The van der Waals surface area contributed by atoms with E-state index in [1.165, 1.54) is 0 Å². The maximum atomic E-state index is 6.22. The molecule has 0 aliphatic carbocycles. The van der Waals surface area contributed by atoms with Gasteiger partial charge in [0.15, 0.2) is 11.5 Å². The van der Waals surface area contributed by atoms with E-state index in [0.29, 0.717) is 29.8 Å². The van der Waals surface area contributed by atoms with Crippen molar-refractivity contribution in [3.05, 3.63) is 48.4 Å². The quantitative estimate of drug-likeness (QED) is 0.544. The second-order valence-corrected chi connectivity index (χ2v) is 7.52. The van der Waals surface area contributed by atoms with E-state index in [0.717, 1.165) is 36.6 Å². The van der Waals surface area contributed by atoms with Crippen molar-refractivity contribution >= 4 is 5.69 Å². The summed E-state index contributed by atoms with van der Waals surface area (Å²) in [6.07, 6.45) is 0.0630. The summed E-state index contributed by atoms with van der Waals surface area (Å²) in [6, 6.07) is 13.7. The fourth-order valence-corrected chi connectivity index (χ4v) is 3.83. The fraction of sp³-hybridized carbons (Fsp3) is 0.391. The third-order valence-electron chi connectivity index (χ3n) is 5.34. The summed E-state index contributed by atoms with van der Waals surface area (Å²) < 4.78 is 22.3. The molecular formula is C23H28N4O4. The maximum absolute atomic E-state index is 6.22. The second kappa shape index (κ2) is 9.26. The highest BCUT2D eigenvalue weighted by atomic mass is 16.5. The van der Waals surface area contributed by atoms with Gasteiger partial charge in [-0.05, 0) is 44.3 Å². The minimum Gasteiger partial charge on any atom is -0.493 e. The van der Waals surface area contributed by atoms with Crippen molar-refractivity contribution < 1.29 is 18.7 Å². The third-order valence-corrected chi connectivity index (χ3v) is 5.34. The Morgan fingerprint density at radius 1 is 1.13 bits per heavy atom. The van der Waals surface area contributed by atoms with Gasteiger partial charge in [0.25, 0.3) is 0 Å². The summed E-state index contributed by atoms with van der Waals surface area (Å²) in [5.41, 5.74) is 1.96. The average molecular weight is 425 g/mol. The minimum absolute atomic E-state index is 0.0630. The van der Waals surface area contributed by atoms with Crippen LogP contribution in [0.3, 0.4) is 0 Å². The fourth-order valence-electron chi connectivity index (χ4n) is 3.83. The van der Waals surface area contributed by atoms with Gasteiger partial charge in [-0.15, -0.1) is 0 Å². The molecule has 8 nitrogen and oxygen atoms in total. The minimum atomic E-state index is 0.0630. The number of hydrogen-bond donors (Lipinski definition) is 0. The van der Waals surface area contributed by atoms with Crippen LogP contribution in [0.5, 0.6) is 17.2 Å². The summed E-state index contributed by atoms with van der Waals surface area (Å²) in [4.78, 5) is 9.03. The molecule has 0 fully saturated rings. The summed E-state index contributed by atoms with van der Waals surface area (Å²) >= 11 is 0. The summed E-state index contributed by atoms with van der Waals surface area (Å²) in [5.74, 6) is 3.28. The monoisotopic (exact) mass is 424 g/mol. The predicted octanol–water partition coefficient (Wildman–Crippen LogP) is 3.47. The van der Waals surface area contributed by atoms with Gasteiger partial charge in [0.1, 0.15) is 11.9 Å². The number of likely N-dealkylation sites (N-methyl/N-ethyl adjacent to an activating group) is 2. The molecule has 1 aromatic heterocycles. The zero-order chi connectivity index (χ0) is 21.8. The lowest BCUT2D eigenvalue weighted by Crippen LogP contribution is -2.45. The molecule has 3 aromatic rings. The molecule has 0 radical (unpaired) electrons. The maximum Gasteiger partial charge on any atom is 0.241 e. The molecule has 2 heterocycles. The average Bonchev–Trinajstić information content (AvgIpc) is 3.26. The molecule has 1 aliphatic rings. The molecule has 4 rings (SSSR count). The Kier molecular flexibility index (Phi) is 6.27. The van der Waals surface area contributed by atoms with Crippen LogP contribution in [0.2, 0.25) is 0 Å². The van der Waals surface area contributed by atoms with Crippen LogP contribution in [0.4, 0.5) is 5.69 Å². The number of para-hydroxylation sites is 2. The van der Waals surface area contributed by atoms with Crippen LogP contribution in [0.15, 0.2) is 47.0 Å². The zero-order valence-electron chi connectivity index (χ0n) is 18.4. The first-order valence-corrected chi connectivity index (χ1v) is 10.4. The van der Waals surface area contributed by atoms with Gasteiger partial charge in [0, 0.05) is 18.7 Å². The van der Waals surface area contributed by atoms with Gasteiger partial charge in [-0.1, -0.05) is 17.3 Å². The van der Waals surface area contributed by atoms with Crippen LogP contribution >= 0.6 is 0 Å². The number of rotatable bonds is 8. The van der Waals surface area contributed by atoms with Gasteiger partial charge in [-0.2, -0.15) is 4.98 Å². The van der Waals surface area contributed by atoms with E-state index in [1.54, 1.807) is 14.2 Å². The lowest BCUT2D eigenvalue weighted by atomic mass is 10.2. The summed E-state index contributed by atoms with van der Waals surface area (Å²) in [5, 5.41) is 4.12. The number of fused-ring (bicyclic) bond motifs is 1. The van der Waals surface area contributed by atoms with E-state index >= 15 is 0 Å². The number of benzene rings is 2. The largest absolute Gasteiger partial charge is 0.493 e. The van der Waals surface area contributed by atoms with Gasteiger partial charge in [-0.25, -0.2) is 0 Å². The van der Waals surface area contributed by atoms with E-state index < -0.39 is 0 Å². The standard InChI is InChI=1S/C23H28N4O4/c1-5-27-14-17(30-19-9-7-6-8-18(19)27)13-26(2)15-22-24-23(25-31-22)16-10-11-20(28-3)21(12-16)29-4/h6-12,17H,5,13-15H2,1-4H3. The molecule has 1 aliphatic heterocycles. The molecule has 1 atom stereocenters. The second-order valence-electron chi connectivity index (χ2n) is 7.52. The molecule has 164 valence electrons. The predicted molar refractivity (Wildman–Crippen MR) is 118 cm³/mol. The van der Waals surface area contributed by atoms with Crippen molar-refractivity contribution in [1.29, 1.82) is 0 Å². The molecule has 0 amide bonds. The molecule has 0 N–H and O–H groups in total. The first kappa shape index (κ1) is 21.0. The molecule has 1 unspecified atom stereocenters. The van der Waals surface area contributed by atoms with Crippen molar-refractivity contribution in [3.63, 3.8) is 0 Å². The number of methoxy groups -OCH3 is 2. The number of ether oxygens (including phenoxy) is 3. The lowest BCUT2D eigenvalue weighted by Gasteiger charge is -2.37. The Labute approximate surface area is 182 Å². The van der Waals surface area contributed by atoms with Crippen molar-refractivity contribution in [2.45, 2.75) is 19.6 Å². The first-order chi connectivity index (χ1) is 15.1. The normalized spacial score (nSPS) is 15.5. The van der Waals surface area contributed by atoms with E-state index in [2.05, 4.69) is 32.9 Å². The summed E-state index contributed by atoms with van der Waals surface area (Å²) in [6.45, 7) is 5.24. The Balaban J connectivity index is 1.40. The SMILES string of the molecule is CCN1CC(CN(C)Cc2nc(-c3ccc(OC)c(OC)c3)no2)Oc2ccccc21.